The molecule has 0 aliphatic carbocycles. The summed E-state index contributed by atoms with van der Waals surface area (Å²) < 4.78 is 3.78. The molecule has 0 amide bonds. The molecule has 0 unspecified atom stereocenters. The number of Topliss-reactive ketones (excluding diaryl/α,β-unsaturated/α-hetero) is 1. The fraction of sp³-hybridized carbons (Fsp3) is 0.600. The normalized spacial score (nSPS) is 9.60. The summed E-state index contributed by atoms with van der Waals surface area (Å²) in [4.78, 5) is 21.2. The molecule has 0 saturated heterocycles. The van der Waals surface area contributed by atoms with Gasteiger partial charge in [0.1, 0.15) is 3.74 Å². The molecule has 5 heteroatoms. The SMILES string of the molecule is CCOC(=O)C(=O)C(Br)Br. The molecule has 0 fully saturated rings. The number of carbonyl (C=O) groups is 2. The molecule has 0 aliphatic heterocycles. The minimum absolute atomic E-state index is 0.220. The lowest BCUT2D eigenvalue weighted by molar-refractivity contribution is -0.152. The first-order valence-electron chi connectivity index (χ1n) is 2.58. The molecule has 0 aromatic heterocycles. The Hall–Kier alpha value is 0.1000. The Morgan fingerprint density at radius 1 is 1.50 bits per heavy atom. The van der Waals surface area contributed by atoms with Crippen molar-refractivity contribution in [3.63, 3.8) is 0 Å². The van der Waals surface area contributed by atoms with Crippen LogP contribution in [0, 0.1) is 0 Å². The Kier molecular flexibility index (Phi) is 4.89. The van der Waals surface area contributed by atoms with E-state index >= 15 is 0 Å². The lowest BCUT2D eigenvalue weighted by Crippen LogP contribution is -2.22. The van der Waals surface area contributed by atoms with Crippen molar-refractivity contribution in [2.24, 2.45) is 0 Å². The van der Waals surface area contributed by atoms with Crippen molar-refractivity contribution in [1.29, 1.82) is 0 Å². The van der Waals surface area contributed by atoms with Crippen LogP contribution in [0.2, 0.25) is 0 Å². The summed E-state index contributed by atoms with van der Waals surface area (Å²) in [6, 6.07) is 0. The molecule has 0 aromatic carbocycles. The maximum absolute atomic E-state index is 10.7. The summed E-state index contributed by atoms with van der Waals surface area (Å²) in [5.41, 5.74) is 0. The van der Waals surface area contributed by atoms with E-state index in [9.17, 15) is 9.59 Å². The van der Waals surface area contributed by atoms with E-state index in [1.807, 2.05) is 0 Å². The van der Waals surface area contributed by atoms with Crippen LogP contribution in [0.25, 0.3) is 0 Å². The fourth-order valence-corrected chi connectivity index (χ4v) is 0.665. The molecular weight excluding hydrogens is 268 g/mol. The van der Waals surface area contributed by atoms with E-state index in [0.717, 1.165) is 0 Å². The lowest BCUT2D eigenvalue weighted by atomic mass is 10.5. The Labute approximate surface area is 75.4 Å². The van der Waals surface area contributed by atoms with E-state index in [0.29, 0.717) is 0 Å². The van der Waals surface area contributed by atoms with E-state index < -0.39 is 15.5 Å². The van der Waals surface area contributed by atoms with Crippen molar-refractivity contribution in [3.05, 3.63) is 0 Å². The minimum atomic E-state index is -0.818. The predicted molar refractivity (Wildman–Crippen MR) is 43.3 cm³/mol. The van der Waals surface area contributed by atoms with Gasteiger partial charge in [0.2, 0.25) is 0 Å². The van der Waals surface area contributed by atoms with Gasteiger partial charge in [-0.15, -0.1) is 0 Å². The summed E-state index contributed by atoms with van der Waals surface area (Å²) >= 11 is 5.75. The van der Waals surface area contributed by atoms with E-state index in [1.165, 1.54) is 0 Å². The molecule has 58 valence electrons. The van der Waals surface area contributed by atoms with Crippen LogP contribution >= 0.6 is 31.9 Å². The van der Waals surface area contributed by atoms with Crippen molar-refractivity contribution in [2.75, 3.05) is 6.61 Å². The zero-order valence-electron chi connectivity index (χ0n) is 5.27. The number of alkyl halides is 2. The Morgan fingerprint density at radius 3 is 2.30 bits per heavy atom. The number of ether oxygens (including phenoxy) is 1. The van der Waals surface area contributed by atoms with Crippen molar-refractivity contribution >= 4 is 43.6 Å². The van der Waals surface area contributed by atoms with Gasteiger partial charge >= 0.3 is 5.97 Å². The summed E-state index contributed by atoms with van der Waals surface area (Å²) in [5.74, 6) is -1.44. The standard InChI is InChI=1S/C5H6Br2O3/c1-2-10-5(9)3(8)4(6)7/h4H,2H2,1H3. The zero-order valence-corrected chi connectivity index (χ0v) is 8.44. The average Bonchev–Trinajstić information content (AvgIpc) is 1.87. The maximum atomic E-state index is 10.7. The summed E-state index contributed by atoms with van der Waals surface area (Å²) in [7, 11) is 0. The third-order valence-corrected chi connectivity index (χ3v) is 1.51. The van der Waals surface area contributed by atoms with Crippen LogP contribution in [0.3, 0.4) is 0 Å². The van der Waals surface area contributed by atoms with Gasteiger partial charge in [-0.25, -0.2) is 4.79 Å². The summed E-state index contributed by atoms with van der Waals surface area (Å²) in [6.45, 7) is 1.86. The Morgan fingerprint density at radius 2 is 2.00 bits per heavy atom. The van der Waals surface area contributed by atoms with Crippen LogP contribution in [0.5, 0.6) is 0 Å². The van der Waals surface area contributed by atoms with Crippen LogP contribution in [-0.4, -0.2) is 22.1 Å². The molecule has 0 atom stereocenters. The number of halogens is 2. The molecule has 0 heterocycles. The molecule has 0 rings (SSSR count). The molecule has 0 saturated carbocycles. The summed E-state index contributed by atoms with van der Waals surface area (Å²) in [6.07, 6.45) is 0. The van der Waals surface area contributed by atoms with Gasteiger partial charge in [0.15, 0.2) is 0 Å². The molecule has 0 spiro atoms. The molecule has 0 bridgehead atoms. The van der Waals surface area contributed by atoms with E-state index in [-0.39, 0.29) is 6.61 Å². The molecular formula is C5H6Br2O3. The van der Waals surface area contributed by atoms with E-state index in [1.54, 1.807) is 6.92 Å². The number of esters is 1. The third kappa shape index (κ3) is 3.31. The topological polar surface area (TPSA) is 43.4 Å². The maximum Gasteiger partial charge on any atom is 0.376 e. The molecule has 3 nitrogen and oxygen atoms in total. The average molecular weight is 274 g/mol. The highest BCUT2D eigenvalue weighted by Crippen LogP contribution is 2.09. The van der Waals surface area contributed by atoms with Crippen molar-refractivity contribution in [2.45, 2.75) is 10.7 Å². The van der Waals surface area contributed by atoms with Gasteiger partial charge in [-0.2, -0.15) is 0 Å². The highest BCUT2D eigenvalue weighted by molar-refractivity contribution is 9.25. The predicted octanol–water partition coefficient (Wildman–Crippen LogP) is 1.23. The lowest BCUT2D eigenvalue weighted by Gasteiger charge is -1.99. The van der Waals surface area contributed by atoms with Gasteiger partial charge in [-0.05, 0) is 6.92 Å². The molecule has 0 aliphatic rings. The van der Waals surface area contributed by atoms with Crippen LogP contribution in [0.15, 0.2) is 0 Å². The second-order valence-corrected chi connectivity index (χ2v) is 4.45. The van der Waals surface area contributed by atoms with Crippen LogP contribution in [-0.2, 0) is 14.3 Å². The monoisotopic (exact) mass is 272 g/mol. The van der Waals surface area contributed by atoms with Gasteiger partial charge in [-0.1, -0.05) is 31.9 Å². The quantitative estimate of drug-likeness (QED) is 0.441. The van der Waals surface area contributed by atoms with Crippen molar-refractivity contribution in [1.82, 2.24) is 0 Å². The first-order valence-corrected chi connectivity index (χ1v) is 4.41. The molecule has 10 heavy (non-hydrogen) atoms. The summed E-state index contributed by atoms with van der Waals surface area (Å²) in [5, 5.41) is 0. The number of hydrogen-bond donors (Lipinski definition) is 0. The van der Waals surface area contributed by atoms with E-state index in [2.05, 4.69) is 36.6 Å². The fourth-order valence-electron chi connectivity index (χ4n) is 0.291. The largest absolute Gasteiger partial charge is 0.460 e. The highest BCUT2D eigenvalue weighted by Gasteiger charge is 2.20. The van der Waals surface area contributed by atoms with Gasteiger partial charge in [0.25, 0.3) is 5.78 Å². The second-order valence-electron chi connectivity index (χ2n) is 1.39. The van der Waals surface area contributed by atoms with Crippen LogP contribution < -0.4 is 0 Å². The highest BCUT2D eigenvalue weighted by atomic mass is 79.9. The van der Waals surface area contributed by atoms with Gasteiger partial charge < -0.3 is 4.74 Å². The van der Waals surface area contributed by atoms with Crippen molar-refractivity contribution < 1.29 is 14.3 Å². The Bertz CT molecular complexity index is 144. The number of hydrogen-bond acceptors (Lipinski definition) is 3. The molecule has 0 N–H and O–H groups in total. The van der Waals surface area contributed by atoms with Gasteiger partial charge in [-0.3, -0.25) is 4.79 Å². The zero-order chi connectivity index (χ0) is 8.15. The third-order valence-electron chi connectivity index (χ3n) is 0.675. The minimum Gasteiger partial charge on any atom is -0.460 e. The first-order chi connectivity index (χ1) is 4.59. The van der Waals surface area contributed by atoms with E-state index in [4.69, 9.17) is 0 Å². The smallest absolute Gasteiger partial charge is 0.376 e. The number of rotatable bonds is 3. The van der Waals surface area contributed by atoms with Gasteiger partial charge in [0, 0.05) is 0 Å². The van der Waals surface area contributed by atoms with Gasteiger partial charge in [0.05, 0.1) is 6.61 Å². The number of carbonyl (C=O) groups excluding carboxylic acids is 2. The van der Waals surface area contributed by atoms with Crippen LogP contribution in [0.4, 0.5) is 0 Å². The van der Waals surface area contributed by atoms with Crippen molar-refractivity contribution in [3.8, 4) is 0 Å². The first kappa shape index (κ1) is 10.1. The van der Waals surface area contributed by atoms with Crippen LogP contribution in [0.1, 0.15) is 6.92 Å². The molecule has 0 radical (unpaired) electrons. The second kappa shape index (κ2) is 4.85. The molecule has 0 aromatic rings. The number of ketones is 1. The Balaban J connectivity index is 3.83.